The molecule has 0 bridgehead atoms. The highest BCUT2D eigenvalue weighted by Crippen LogP contribution is 2.60. The van der Waals surface area contributed by atoms with Crippen molar-refractivity contribution >= 4 is 23.8 Å². The summed E-state index contributed by atoms with van der Waals surface area (Å²) in [5.41, 5.74) is -2.63. The summed E-state index contributed by atoms with van der Waals surface area (Å²) >= 11 is 0. The van der Waals surface area contributed by atoms with E-state index in [1.165, 1.54) is 0 Å². The molecule has 0 aliphatic rings. The summed E-state index contributed by atoms with van der Waals surface area (Å²) in [6, 6.07) is 30.3. The van der Waals surface area contributed by atoms with Crippen molar-refractivity contribution in [2.75, 3.05) is 6.16 Å². The SMILES string of the molecule is CCC(C)[C@@H](C[P+](Cc1ccccc1)(c1ccccc1)c1ccccc1)NC(=O)c1cc(C(F)(F)F)cc(C(F)(F)F)c1. The number of hydrogen-bond donors (Lipinski definition) is 1. The van der Waals surface area contributed by atoms with E-state index >= 15 is 0 Å². The van der Waals surface area contributed by atoms with Gasteiger partial charge in [0.05, 0.1) is 47.4 Å². The Morgan fingerprint density at radius 1 is 0.721 bits per heavy atom. The fourth-order valence-corrected chi connectivity index (χ4v) is 9.91. The number of alkyl halides is 6. The Kier molecular flexibility index (Phi) is 10.0. The van der Waals surface area contributed by atoms with Crippen LogP contribution in [0.5, 0.6) is 0 Å². The van der Waals surface area contributed by atoms with Gasteiger partial charge in [0.2, 0.25) is 0 Å². The number of carbonyl (C=O) groups excluding carboxylic acids is 1. The molecule has 0 fully saturated rings. The van der Waals surface area contributed by atoms with Crippen molar-refractivity contribution in [3.63, 3.8) is 0 Å². The maximum absolute atomic E-state index is 13.6. The van der Waals surface area contributed by atoms with Crippen molar-refractivity contribution in [1.29, 1.82) is 0 Å². The number of amides is 1. The topological polar surface area (TPSA) is 29.1 Å². The number of nitrogens with one attached hydrogen (secondary N) is 1. The molecule has 1 unspecified atom stereocenters. The number of carbonyl (C=O) groups is 1. The number of halogens is 6. The van der Waals surface area contributed by atoms with Crippen LogP contribution in [0.3, 0.4) is 0 Å². The van der Waals surface area contributed by atoms with Crippen LogP contribution in [0.15, 0.2) is 109 Å². The molecular formula is C34H33F6NOP+. The maximum Gasteiger partial charge on any atom is 0.416 e. The molecule has 0 aromatic heterocycles. The molecular weight excluding hydrogens is 583 g/mol. The number of hydrogen-bond acceptors (Lipinski definition) is 1. The highest BCUT2D eigenvalue weighted by molar-refractivity contribution is 7.88. The Morgan fingerprint density at radius 2 is 1.16 bits per heavy atom. The minimum Gasteiger partial charge on any atom is -0.345 e. The molecule has 0 saturated heterocycles. The van der Waals surface area contributed by atoms with Gasteiger partial charge in [-0.05, 0) is 53.9 Å². The van der Waals surface area contributed by atoms with E-state index in [-0.39, 0.29) is 12.0 Å². The van der Waals surface area contributed by atoms with Gasteiger partial charge in [0.25, 0.3) is 5.91 Å². The van der Waals surface area contributed by atoms with Crippen molar-refractivity contribution in [2.45, 2.75) is 44.8 Å². The molecule has 0 aliphatic carbocycles. The fraction of sp³-hybridized carbons (Fsp3) is 0.265. The quantitative estimate of drug-likeness (QED) is 0.140. The second kappa shape index (κ2) is 13.3. The van der Waals surface area contributed by atoms with Crippen molar-refractivity contribution in [3.05, 3.63) is 131 Å². The minimum atomic E-state index is -5.05. The smallest absolute Gasteiger partial charge is 0.345 e. The summed E-state index contributed by atoms with van der Waals surface area (Å²) in [5, 5.41) is 5.05. The second-order valence-electron chi connectivity index (χ2n) is 10.7. The zero-order valence-corrected chi connectivity index (χ0v) is 24.7. The van der Waals surface area contributed by atoms with Crippen molar-refractivity contribution in [3.8, 4) is 0 Å². The zero-order valence-electron chi connectivity index (χ0n) is 23.8. The van der Waals surface area contributed by atoms with Crippen LogP contribution >= 0.6 is 7.26 Å². The molecule has 2 atom stereocenters. The van der Waals surface area contributed by atoms with E-state index < -0.39 is 48.3 Å². The first-order chi connectivity index (χ1) is 20.3. The molecule has 0 spiro atoms. The maximum atomic E-state index is 13.6. The van der Waals surface area contributed by atoms with Crippen LogP contribution in [0, 0.1) is 5.92 Å². The zero-order chi connectivity index (χ0) is 31.3. The molecule has 1 N–H and O–H groups in total. The van der Waals surface area contributed by atoms with Crippen LogP contribution in [0.2, 0.25) is 0 Å². The third kappa shape index (κ3) is 7.85. The third-order valence-electron chi connectivity index (χ3n) is 7.80. The van der Waals surface area contributed by atoms with Crippen LogP contribution < -0.4 is 15.9 Å². The molecule has 0 saturated carbocycles. The molecule has 9 heteroatoms. The third-order valence-corrected chi connectivity index (χ3v) is 12.3. The van der Waals surface area contributed by atoms with Gasteiger partial charge >= 0.3 is 12.4 Å². The predicted molar refractivity (Wildman–Crippen MR) is 161 cm³/mol. The Hall–Kier alpha value is -3.64. The Morgan fingerprint density at radius 3 is 1.58 bits per heavy atom. The van der Waals surface area contributed by atoms with Crippen molar-refractivity contribution in [2.24, 2.45) is 5.92 Å². The highest BCUT2D eigenvalue weighted by atomic mass is 31.2. The van der Waals surface area contributed by atoms with E-state index in [1.54, 1.807) is 0 Å². The summed E-state index contributed by atoms with van der Waals surface area (Å²) in [7, 11) is -2.34. The van der Waals surface area contributed by atoms with Gasteiger partial charge in [-0.15, -0.1) is 0 Å². The molecule has 4 aromatic carbocycles. The summed E-state index contributed by atoms with van der Waals surface area (Å²) in [5.74, 6) is -1.10. The van der Waals surface area contributed by atoms with E-state index in [1.807, 2.05) is 80.6 Å². The van der Waals surface area contributed by atoms with E-state index in [4.69, 9.17) is 0 Å². The largest absolute Gasteiger partial charge is 0.416 e. The predicted octanol–water partition coefficient (Wildman–Crippen LogP) is 8.74. The first-order valence-electron chi connectivity index (χ1n) is 14.0. The van der Waals surface area contributed by atoms with Gasteiger partial charge in [0.1, 0.15) is 0 Å². The summed E-state index contributed by atoms with van der Waals surface area (Å²) in [4.78, 5) is 13.5. The van der Waals surface area contributed by atoms with Gasteiger partial charge in [-0.1, -0.05) is 87.0 Å². The molecule has 0 heterocycles. The van der Waals surface area contributed by atoms with E-state index in [0.717, 1.165) is 16.2 Å². The van der Waals surface area contributed by atoms with Crippen LogP contribution in [-0.4, -0.2) is 18.1 Å². The van der Waals surface area contributed by atoms with Crippen molar-refractivity contribution in [1.82, 2.24) is 5.32 Å². The first kappa shape index (κ1) is 32.3. The molecule has 1 amide bonds. The van der Waals surface area contributed by atoms with E-state index in [9.17, 15) is 31.1 Å². The molecule has 2 nitrogen and oxygen atoms in total. The van der Waals surface area contributed by atoms with Crippen LogP contribution in [0.1, 0.15) is 47.3 Å². The average Bonchev–Trinajstić information content (AvgIpc) is 3.00. The Balaban J connectivity index is 1.82. The monoisotopic (exact) mass is 616 g/mol. The van der Waals surface area contributed by atoms with Gasteiger partial charge in [-0.3, -0.25) is 4.79 Å². The lowest BCUT2D eigenvalue weighted by molar-refractivity contribution is -0.143. The average molecular weight is 617 g/mol. The van der Waals surface area contributed by atoms with Crippen molar-refractivity contribution < 1.29 is 31.1 Å². The van der Waals surface area contributed by atoms with Gasteiger partial charge in [-0.25, -0.2) is 0 Å². The second-order valence-corrected chi connectivity index (χ2v) is 14.4. The van der Waals surface area contributed by atoms with E-state index in [2.05, 4.69) is 29.6 Å². The fourth-order valence-electron chi connectivity index (χ4n) is 5.25. The number of benzene rings is 4. The Labute approximate surface area is 248 Å². The van der Waals surface area contributed by atoms with Crippen LogP contribution in [0.4, 0.5) is 26.3 Å². The molecule has 4 aromatic rings. The van der Waals surface area contributed by atoms with Crippen LogP contribution in [-0.2, 0) is 18.5 Å². The molecule has 4 rings (SSSR count). The van der Waals surface area contributed by atoms with Gasteiger partial charge in [0, 0.05) is 5.56 Å². The normalized spacial score (nSPS) is 13.8. The first-order valence-corrected chi connectivity index (χ1v) is 16.1. The lowest BCUT2D eigenvalue weighted by Gasteiger charge is -2.34. The lowest BCUT2D eigenvalue weighted by Crippen LogP contribution is -2.45. The summed E-state index contributed by atoms with van der Waals surface area (Å²) < 4.78 is 81.3. The summed E-state index contributed by atoms with van der Waals surface area (Å²) in [6.45, 7) is 3.88. The standard InChI is InChI=1S/C34H32F6NOP/c1-3-24(2)31(41-32(42)26-19-27(33(35,36)37)21-28(20-26)34(38,39)40)23-43(29-15-9-5-10-16-29,30-17-11-6-12-18-30)22-25-13-7-4-8-14-25/h4-21,24,31H,3,22-23H2,1-2H3/p+1/t24?,31-/m1/s1. The van der Waals surface area contributed by atoms with E-state index in [0.29, 0.717) is 30.9 Å². The van der Waals surface area contributed by atoms with Crippen LogP contribution in [0.25, 0.3) is 0 Å². The minimum absolute atomic E-state index is 0.0319. The van der Waals surface area contributed by atoms with Gasteiger partial charge in [-0.2, -0.15) is 26.3 Å². The lowest BCUT2D eigenvalue weighted by atomic mass is 9.99. The molecule has 0 radical (unpaired) electrons. The summed E-state index contributed by atoms with van der Waals surface area (Å²) in [6.07, 6.45) is -8.35. The van der Waals surface area contributed by atoms with Gasteiger partial charge < -0.3 is 5.32 Å². The molecule has 226 valence electrons. The van der Waals surface area contributed by atoms with Gasteiger partial charge in [0.15, 0.2) is 0 Å². The molecule has 0 aliphatic heterocycles. The highest BCUT2D eigenvalue weighted by Gasteiger charge is 2.46. The number of rotatable bonds is 10. The molecule has 43 heavy (non-hydrogen) atoms. The Bertz CT molecular complexity index is 1420.